The standard InChI is InChI=1S/C20H26N2O3/c1-15-7-6-10-18(16(15)2)25-14-13-22-20(23)21-12-11-17-8-4-5-9-19(17)24-3/h4-10H,11-14H2,1-3H3,(H2,21,22,23). The zero-order valence-corrected chi connectivity index (χ0v) is 15.1. The zero-order valence-electron chi connectivity index (χ0n) is 15.1. The normalized spacial score (nSPS) is 10.2. The number of aryl methyl sites for hydroxylation is 1. The first-order valence-corrected chi connectivity index (χ1v) is 8.44. The lowest BCUT2D eigenvalue weighted by Crippen LogP contribution is -2.38. The van der Waals surface area contributed by atoms with Gasteiger partial charge < -0.3 is 20.1 Å². The van der Waals surface area contributed by atoms with Crippen LogP contribution in [0.3, 0.4) is 0 Å². The summed E-state index contributed by atoms with van der Waals surface area (Å²) < 4.78 is 11.0. The summed E-state index contributed by atoms with van der Waals surface area (Å²) in [6.07, 6.45) is 0.719. The zero-order chi connectivity index (χ0) is 18.1. The molecule has 0 unspecified atom stereocenters. The van der Waals surface area contributed by atoms with Gasteiger partial charge in [-0.15, -0.1) is 0 Å². The quantitative estimate of drug-likeness (QED) is 0.724. The number of methoxy groups -OCH3 is 1. The van der Waals surface area contributed by atoms with Gasteiger partial charge in [0.15, 0.2) is 0 Å². The molecule has 0 radical (unpaired) electrons. The Kier molecular flexibility index (Phi) is 7.14. The number of amides is 2. The number of ether oxygens (including phenoxy) is 2. The monoisotopic (exact) mass is 342 g/mol. The van der Waals surface area contributed by atoms with Gasteiger partial charge in [0.1, 0.15) is 18.1 Å². The summed E-state index contributed by atoms with van der Waals surface area (Å²) in [7, 11) is 1.65. The Balaban J connectivity index is 1.65. The van der Waals surface area contributed by atoms with E-state index in [0.29, 0.717) is 19.7 Å². The lowest BCUT2D eigenvalue weighted by Gasteiger charge is -2.12. The Morgan fingerprint density at radius 3 is 2.48 bits per heavy atom. The highest BCUT2D eigenvalue weighted by atomic mass is 16.5. The van der Waals surface area contributed by atoms with Crippen molar-refractivity contribution in [3.63, 3.8) is 0 Å². The van der Waals surface area contributed by atoms with E-state index in [9.17, 15) is 4.79 Å². The molecule has 5 nitrogen and oxygen atoms in total. The van der Waals surface area contributed by atoms with Gasteiger partial charge in [-0.3, -0.25) is 0 Å². The Labute approximate surface area is 149 Å². The van der Waals surface area contributed by atoms with E-state index in [1.54, 1.807) is 7.11 Å². The lowest BCUT2D eigenvalue weighted by atomic mass is 10.1. The largest absolute Gasteiger partial charge is 0.496 e. The van der Waals surface area contributed by atoms with Crippen LogP contribution in [0.5, 0.6) is 11.5 Å². The molecule has 2 aromatic carbocycles. The van der Waals surface area contributed by atoms with Crippen LogP contribution in [-0.4, -0.2) is 32.8 Å². The molecule has 5 heteroatoms. The number of urea groups is 1. The van der Waals surface area contributed by atoms with Crippen molar-refractivity contribution in [2.24, 2.45) is 0 Å². The summed E-state index contributed by atoms with van der Waals surface area (Å²) in [4.78, 5) is 11.8. The summed E-state index contributed by atoms with van der Waals surface area (Å²) in [5.41, 5.74) is 3.40. The predicted molar refractivity (Wildman–Crippen MR) is 99.5 cm³/mol. The number of carbonyl (C=O) groups excluding carboxylic acids is 1. The van der Waals surface area contributed by atoms with Gasteiger partial charge in [-0.25, -0.2) is 4.79 Å². The summed E-state index contributed by atoms with van der Waals surface area (Å²) in [6.45, 7) is 5.51. The molecule has 2 rings (SSSR count). The number of rotatable bonds is 8. The van der Waals surface area contributed by atoms with Gasteiger partial charge in [0.2, 0.25) is 0 Å². The van der Waals surface area contributed by atoms with E-state index in [0.717, 1.165) is 29.0 Å². The summed E-state index contributed by atoms with van der Waals surface area (Å²) in [5.74, 6) is 1.70. The maximum Gasteiger partial charge on any atom is 0.314 e. The van der Waals surface area contributed by atoms with Crippen molar-refractivity contribution >= 4 is 6.03 Å². The highest BCUT2D eigenvalue weighted by molar-refractivity contribution is 5.73. The van der Waals surface area contributed by atoms with E-state index in [2.05, 4.69) is 23.6 Å². The van der Waals surface area contributed by atoms with Crippen molar-refractivity contribution in [2.45, 2.75) is 20.3 Å². The maximum atomic E-state index is 11.8. The molecule has 2 aromatic rings. The van der Waals surface area contributed by atoms with Crippen LogP contribution >= 0.6 is 0 Å². The molecule has 0 spiro atoms. The second-order valence-electron chi connectivity index (χ2n) is 5.79. The Hall–Kier alpha value is -2.69. The Morgan fingerprint density at radius 2 is 1.68 bits per heavy atom. The Morgan fingerprint density at radius 1 is 0.960 bits per heavy atom. The number of para-hydroxylation sites is 1. The minimum atomic E-state index is -0.195. The minimum absolute atomic E-state index is 0.195. The van der Waals surface area contributed by atoms with Gasteiger partial charge in [-0.05, 0) is 49.1 Å². The van der Waals surface area contributed by atoms with Crippen molar-refractivity contribution in [3.8, 4) is 11.5 Å². The molecule has 0 aliphatic heterocycles. The number of hydrogen-bond acceptors (Lipinski definition) is 3. The number of carbonyl (C=O) groups is 1. The lowest BCUT2D eigenvalue weighted by molar-refractivity contribution is 0.236. The molecular weight excluding hydrogens is 316 g/mol. The van der Waals surface area contributed by atoms with Crippen molar-refractivity contribution in [3.05, 3.63) is 59.2 Å². The fraction of sp³-hybridized carbons (Fsp3) is 0.350. The molecule has 0 aromatic heterocycles. The second kappa shape index (κ2) is 9.57. The molecule has 0 bridgehead atoms. The SMILES string of the molecule is COc1ccccc1CCNC(=O)NCCOc1cccc(C)c1C. The van der Waals surface area contributed by atoms with Crippen LogP contribution in [0.15, 0.2) is 42.5 Å². The van der Waals surface area contributed by atoms with Gasteiger partial charge in [0, 0.05) is 6.54 Å². The van der Waals surface area contributed by atoms with E-state index in [1.165, 1.54) is 5.56 Å². The fourth-order valence-electron chi connectivity index (χ4n) is 2.49. The van der Waals surface area contributed by atoms with Crippen molar-refractivity contribution in [1.82, 2.24) is 10.6 Å². The Bertz CT molecular complexity index is 701. The summed E-state index contributed by atoms with van der Waals surface area (Å²) >= 11 is 0. The molecule has 0 heterocycles. The van der Waals surface area contributed by atoms with Crippen LogP contribution in [-0.2, 0) is 6.42 Å². The van der Waals surface area contributed by atoms with E-state index in [4.69, 9.17) is 9.47 Å². The van der Waals surface area contributed by atoms with Crippen LogP contribution in [0.25, 0.3) is 0 Å². The molecule has 25 heavy (non-hydrogen) atoms. The maximum absolute atomic E-state index is 11.8. The topological polar surface area (TPSA) is 59.6 Å². The van der Waals surface area contributed by atoms with E-state index in [1.807, 2.05) is 43.3 Å². The highest BCUT2D eigenvalue weighted by Gasteiger charge is 2.04. The van der Waals surface area contributed by atoms with E-state index < -0.39 is 0 Å². The first-order chi connectivity index (χ1) is 12.1. The molecule has 0 saturated heterocycles. The molecule has 2 N–H and O–H groups in total. The van der Waals surface area contributed by atoms with Gasteiger partial charge in [-0.2, -0.15) is 0 Å². The number of nitrogens with one attached hydrogen (secondary N) is 2. The first kappa shape index (κ1) is 18.6. The van der Waals surface area contributed by atoms with Crippen molar-refractivity contribution in [1.29, 1.82) is 0 Å². The van der Waals surface area contributed by atoms with Crippen molar-refractivity contribution in [2.75, 3.05) is 26.8 Å². The van der Waals surface area contributed by atoms with Crippen LogP contribution in [0.2, 0.25) is 0 Å². The van der Waals surface area contributed by atoms with Crippen LogP contribution in [0.1, 0.15) is 16.7 Å². The average molecular weight is 342 g/mol. The minimum Gasteiger partial charge on any atom is -0.496 e. The number of benzene rings is 2. The third-order valence-electron chi connectivity index (χ3n) is 4.07. The molecule has 134 valence electrons. The predicted octanol–water partition coefficient (Wildman–Crippen LogP) is 3.23. The van der Waals surface area contributed by atoms with Gasteiger partial charge in [0.05, 0.1) is 13.7 Å². The van der Waals surface area contributed by atoms with Crippen LogP contribution in [0.4, 0.5) is 4.79 Å². The first-order valence-electron chi connectivity index (χ1n) is 8.44. The summed E-state index contributed by atoms with van der Waals surface area (Å²) in [5, 5.41) is 5.64. The van der Waals surface area contributed by atoms with Gasteiger partial charge in [-0.1, -0.05) is 30.3 Å². The third-order valence-corrected chi connectivity index (χ3v) is 4.07. The second-order valence-corrected chi connectivity index (χ2v) is 5.79. The number of hydrogen-bond donors (Lipinski definition) is 2. The highest BCUT2D eigenvalue weighted by Crippen LogP contribution is 2.20. The van der Waals surface area contributed by atoms with Crippen molar-refractivity contribution < 1.29 is 14.3 Å². The van der Waals surface area contributed by atoms with Crippen LogP contribution in [0, 0.1) is 13.8 Å². The molecule has 0 fully saturated rings. The fourth-order valence-corrected chi connectivity index (χ4v) is 2.49. The molecule has 0 aliphatic carbocycles. The molecule has 0 saturated carbocycles. The van der Waals surface area contributed by atoms with E-state index >= 15 is 0 Å². The molecule has 2 amide bonds. The average Bonchev–Trinajstić information content (AvgIpc) is 2.62. The van der Waals surface area contributed by atoms with E-state index in [-0.39, 0.29) is 6.03 Å². The third kappa shape index (κ3) is 5.71. The van der Waals surface area contributed by atoms with Gasteiger partial charge >= 0.3 is 6.03 Å². The van der Waals surface area contributed by atoms with Gasteiger partial charge in [0.25, 0.3) is 0 Å². The molecular formula is C20H26N2O3. The molecule has 0 aliphatic rings. The summed E-state index contributed by atoms with van der Waals surface area (Å²) in [6, 6.07) is 13.6. The smallest absolute Gasteiger partial charge is 0.314 e. The molecule has 0 atom stereocenters. The van der Waals surface area contributed by atoms with Crippen LogP contribution < -0.4 is 20.1 Å².